The van der Waals surface area contributed by atoms with E-state index >= 15 is 0 Å². The number of anilines is 1. The Hall–Kier alpha value is -2.48. The zero-order valence-electron chi connectivity index (χ0n) is 14.6. The highest BCUT2D eigenvalue weighted by molar-refractivity contribution is 5.47. The number of hydrogen-bond acceptors (Lipinski definition) is 6. The Morgan fingerprint density at radius 3 is 2.88 bits per heavy atom. The third-order valence-corrected chi connectivity index (χ3v) is 5.37. The van der Waals surface area contributed by atoms with E-state index in [0.717, 1.165) is 36.9 Å². The van der Waals surface area contributed by atoms with Crippen molar-refractivity contribution in [2.75, 3.05) is 25.0 Å². The van der Waals surface area contributed by atoms with Crippen molar-refractivity contribution in [2.45, 2.75) is 38.3 Å². The van der Waals surface area contributed by atoms with Crippen LogP contribution in [-0.2, 0) is 6.54 Å². The summed E-state index contributed by atoms with van der Waals surface area (Å²) < 4.78 is 1.81. The van der Waals surface area contributed by atoms with Gasteiger partial charge in [-0.15, -0.1) is 15.3 Å². The first kappa shape index (κ1) is 14.8. The first-order chi connectivity index (χ1) is 12.2. The van der Waals surface area contributed by atoms with Gasteiger partial charge in [-0.2, -0.15) is 9.61 Å². The van der Waals surface area contributed by atoms with E-state index in [4.69, 9.17) is 0 Å². The van der Waals surface area contributed by atoms with Gasteiger partial charge in [0.15, 0.2) is 11.5 Å². The van der Waals surface area contributed by atoms with Gasteiger partial charge >= 0.3 is 0 Å². The van der Waals surface area contributed by atoms with Gasteiger partial charge in [-0.25, -0.2) is 0 Å². The van der Waals surface area contributed by atoms with Crippen molar-refractivity contribution < 1.29 is 0 Å². The van der Waals surface area contributed by atoms with Crippen molar-refractivity contribution in [1.29, 1.82) is 0 Å². The lowest BCUT2D eigenvalue weighted by molar-refractivity contribution is 0.196. The van der Waals surface area contributed by atoms with Crippen LogP contribution in [0.4, 0.5) is 5.82 Å². The SMILES string of the molecule is Cc1nnc2ccc(N3CC(N(C)Cc4cn[nH]c4C4CC4)C3)nn12. The number of H-pyrrole nitrogens is 1. The average molecular weight is 338 g/mol. The normalized spacial score (nSPS) is 18.3. The molecule has 0 spiro atoms. The van der Waals surface area contributed by atoms with E-state index in [0.29, 0.717) is 12.0 Å². The summed E-state index contributed by atoms with van der Waals surface area (Å²) in [5, 5.41) is 20.3. The number of rotatable bonds is 5. The molecule has 5 rings (SSSR count). The van der Waals surface area contributed by atoms with Crippen LogP contribution < -0.4 is 4.90 Å². The van der Waals surface area contributed by atoms with Gasteiger partial charge in [0.2, 0.25) is 0 Å². The lowest BCUT2D eigenvalue weighted by Gasteiger charge is -2.44. The van der Waals surface area contributed by atoms with Crippen LogP contribution in [-0.4, -0.2) is 61.1 Å². The number of likely N-dealkylation sites (N-methyl/N-ethyl adjacent to an activating group) is 1. The van der Waals surface area contributed by atoms with Crippen LogP contribution >= 0.6 is 0 Å². The Kier molecular flexibility index (Phi) is 3.27. The molecule has 1 saturated heterocycles. The van der Waals surface area contributed by atoms with E-state index in [9.17, 15) is 0 Å². The molecule has 8 nitrogen and oxygen atoms in total. The summed E-state index contributed by atoms with van der Waals surface area (Å²) in [6.07, 6.45) is 4.59. The quantitative estimate of drug-likeness (QED) is 0.757. The Labute approximate surface area is 145 Å². The Balaban J connectivity index is 1.24. The van der Waals surface area contributed by atoms with E-state index in [1.165, 1.54) is 24.1 Å². The summed E-state index contributed by atoms with van der Waals surface area (Å²) >= 11 is 0. The Morgan fingerprint density at radius 1 is 1.24 bits per heavy atom. The highest BCUT2D eigenvalue weighted by Gasteiger charge is 2.33. The molecule has 0 unspecified atom stereocenters. The second-order valence-corrected chi connectivity index (χ2v) is 7.27. The highest BCUT2D eigenvalue weighted by atomic mass is 15.4. The molecule has 1 N–H and O–H groups in total. The largest absolute Gasteiger partial charge is 0.352 e. The molecule has 0 amide bonds. The minimum absolute atomic E-state index is 0.543. The first-order valence-electron chi connectivity index (χ1n) is 8.85. The molecule has 8 heteroatoms. The minimum atomic E-state index is 0.543. The van der Waals surface area contributed by atoms with E-state index in [-0.39, 0.29) is 0 Å². The van der Waals surface area contributed by atoms with Crippen molar-refractivity contribution in [1.82, 2.24) is 34.9 Å². The standard InChI is InChI=1S/C17H22N8/c1-11-19-20-15-5-6-16(22-25(11)15)24-9-14(10-24)23(2)8-13-7-18-21-17(13)12-3-4-12/h5-7,12,14H,3-4,8-10H2,1-2H3,(H,18,21). The molecular weight excluding hydrogens is 316 g/mol. The number of hydrogen-bond donors (Lipinski definition) is 1. The van der Waals surface area contributed by atoms with E-state index < -0.39 is 0 Å². The van der Waals surface area contributed by atoms with Crippen LogP contribution in [0.3, 0.4) is 0 Å². The van der Waals surface area contributed by atoms with Crippen molar-refractivity contribution in [3.8, 4) is 0 Å². The molecule has 130 valence electrons. The molecule has 3 aromatic rings. The van der Waals surface area contributed by atoms with Gasteiger partial charge in [0.05, 0.1) is 6.20 Å². The van der Waals surface area contributed by atoms with Crippen molar-refractivity contribution in [3.63, 3.8) is 0 Å². The van der Waals surface area contributed by atoms with E-state index in [1.54, 1.807) is 4.52 Å². The van der Waals surface area contributed by atoms with Crippen LogP contribution in [0, 0.1) is 6.92 Å². The fourth-order valence-corrected chi connectivity index (χ4v) is 3.55. The van der Waals surface area contributed by atoms with Crippen LogP contribution in [0.15, 0.2) is 18.3 Å². The molecule has 1 aliphatic heterocycles. The lowest BCUT2D eigenvalue weighted by atomic mass is 10.1. The molecule has 1 saturated carbocycles. The Bertz CT molecular complexity index is 902. The second kappa shape index (κ2) is 5.52. The third kappa shape index (κ3) is 2.57. The number of nitrogens with one attached hydrogen (secondary N) is 1. The third-order valence-electron chi connectivity index (χ3n) is 5.37. The summed E-state index contributed by atoms with van der Waals surface area (Å²) in [6.45, 7) is 4.86. The number of aryl methyl sites for hydroxylation is 1. The smallest absolute Gasteiger partial charge is 0.178 e. The first-order valence-corrected chi connectivity index (χ1v) is 8.85. The van der Waals surface area contributed by atoms with Gasteiger partial charge in [0, 0.05) is 42.9 Å². The molecule has 0 aromatic carbocycles. The molecule has 0 bridgehead atoms. The maximum Gasteiger partial charge on any atom is 0.178 e. The maximum atomic E-state index is 4.66. The topological polar surface area (TPSA) is 78.2 Å². The van der Waals surface area contributed by atoms with Crippen LogP contribution in [0.2, 0.25) is 0 Å². The fraction of sp³-hybridized carbons (Fsp3) is 0.529. The predicted molar refractivity (Wildman–Crippen MR) is 93.5 cm³/mol. The number of aromatic amines is 1. The van der Waals surface area contributed by atoms with E-state index in [1.807, 2.05) is 25.3 Å². The molecule has 0 radical (unpaired) electrons. The number of nitrogens with zero attached hydrogens (tertiary/aromatic N) is 7. The van der Waals surface area contributed by atoms with Gasteiger partial charge < -0.3 is 4.90 Å². The maximum absolute atomic E-state index is 4.66. The molecule has 0 atom stereocenters. The number of fused-ring (bicyclic) bond motifs is 1. The fourth-order valence-electron chi connectivity index (χ4n) is 3.55. The summed E-state index contributed by atoms with van der Waals surface area (Å²) in [6, 6.07) is 4.55. The summed E-state index contributed by atoms with van der Waals surface area (Å²) in [4.78, 5) is 4.73. The molecule has 1 aliphatic carbocycles. The van der Waals surface area contributed by atoms with E-state index in [2.05, 4.69) is 42.3 Å². The number of aromatic nitrogens is 6. The molecule has 25 heavy (non-hydrogen) atoms. The minimum Gasteiger partial charge on any atom is -0.352 e. The summed E-state index contributed by atoms with van der Waals surface area (Å²) in [5.74, 6) is 2.52. The van der Waals surface area contributed by atoms with Crippen LogP contribution in [0.5, 0.6) is 0 Å². The highest BCUT2D eigenvalue weighted by Crippen LogP contribution is 2.40. The van der Waals surface area contributed by atoms with Gasteiger partial charge in [-0.05, 0) is 38.9 Å². The zero-order valence-corrected chi connectivity index (χ0v) is 14.6. The van der Waals surface area contributed by atoms with Crippen LogP contribution in [0.1, 0.15) is 35.8 Å². The van der Waals surface area contributed by atoms with Gasteiger partial charge in [0.25, 0.3) is 0 Å². The van der Waals surface area contributed by atoms with Gasteiger partial charge in [0.1, 0.15) is 5.82 Å². The second-order valence-electron chi connectivity index (χ2n) is 7.27. The van der Waals surface area contributed by atoms with Gasteiger partial charge in [-0.1, -0.05) is 0 Å². The lowest BCUT2D eigenvalue weighted by Crippen LogP contribution is -2.58. The van der Waals surface area contributed by atoms with Crippen molar-refractivity contribution >= 4 is 11.5 Å². The van der Waals surface area contributed by atoms with Crippen molar-refractivity contribution in [2.24, 2.45) is 0 Å². The Morgan fingerprint density at radius 2 is 2.08 bits per heavy atom. The molecule has 2 fully saturated rings. The molecule has 3 aromatic heterocycles. The van der Waals surface area contributed by atoms with Crippen LogP contribution in [0.25, 0.3) is 5.65 Å². The molecule has 4 heterocycles. The van der Waals surface area contributed by atoms with Gasteiger partial charge in [-0.3, -0.25) is 10.00 Å². The zero-order chi connectivity index (χ0) is 17.0. The summed E-state index contributed by atoms with van der Waals surface area (Å²) in [7, 11) is 2.20. The van der Waals surface area contributed by atoms with Crippen molar-refractivity contribution in [3.05, 3.63) is 35.4 Å². The monoisotopic (exact) mass is 338 g/mol. The predicted octanol–water partition coefficient (Wildman–Crippen LogP) is 1.35. The molecule has 2 aliphatic rings. The average Bonchev–Trinajstić information content (AvgIpc) is 3.20. The summed E-state index contributed by atoms with van der Waals surface area (Å²) in [5.41, 5.74) is 3.49. The molecular formula is C17H22N8.